The zero-order chi connectivity index (χ0) is 15.6. The molecule has 5 heteroatoms. The third-order valence-electron chi connectivity index (χ3n) is 3.45. The molecule has 5 nitrogen and oxygen atoms in total. The highest BCUT2D eigenvalue weighted by Gasteiger charge is 2.29. The fourth-order valence-corrected chi connectivity index (χ4v) is 2.35. The minimum absolute atomic E-state index is 0.376. The molecular weight excluding hydrogens is 270 g/mol. The summed E-state index contributed by atoms with van der Waals surface area (Å²) in [6.45, 7) is 6.47. The lowest BCUT2D eigenvalue weighted by molar-refractivity contribution is -0.111. The Hall–Kier alpha value is -1.88. The number of fused-ring (bicyclic) bond motifs is 1. The second kappa shape index (κ2) is 6.26. The Kier molecular flexibility index (Phi) is 4.63. The van der Waals surface area contributed by atoms with Gasteiger partial charge in [-0.1, -0.05) is 13.8 Å². The van der Waals surface area contributed by atoms with Crippen molar-refractivity contribution in [3.63, 3.8) is 0 Å². The fraction of sp³-hybridized carbons (Fsp3) is 0.500. The van der Waals surface area contributed by atoms with E-state index >= 15 is 0 Å². The third-order valence-corrected chi connectivity index (χ3v) is 3.45. The number of ether oxygens (including phenoxy) is 2. The lowest BCUT2D eigenvalue weighted by Gasteiger charge is -2.25. The number of nitrogens with zero attached hydrogens (tertiary/aromatic N) is 1. The van der Waals surface area contributed by atoms with E-state index in [1.165, 1.54) is 0 Å². The van der Waals surface area contributed by atoms with Crippen molar-refractivity contribution in [3.8, 4) is 11.5 Å². The van der Waals surface area contributed by atoms with Crippen LogP contribution in [0.1, 0.15) is 37.8 Å². The predicted molar refractivity (Wildman–Crippen MR) is 80.3 cm³/mol. The molecule has 21 heavy (non-hydrogen) atoms. The minimum atomic E-state index is -1.04. The number of aliphatic hydroxyl groups excluding tert-OH is 1. The van der Waals surface area contributed by atoms with Gasteiger partial charge in [-0.2, -0.15) is 0 Å². The van der Waals surface area contributed by atoms with Gasteiger partial charge in [-0.3, -0.25) is 4.99 Å². The maximum absolute atomic E-state index is 11.3. The monoisotopic (exact) mass is 291 g/mol. The molecular formula is C16H21NO4. The Morgan fingerprint density at radius 1 is 1.38 bits per heavy atom. The third kappa shape index (κ3) is 3.08. The summed E-state index contributed by atoms with van der Waals surface area (Å²) in [5, 5.41) is 9.93. The van der Waals surface area contributed by atoms with Crippen LogP contribution >= 0.6 is 0 Å². The van der Waals surface area contributed by atoms with Gasteiger partial charge in [-0.15, -0.1) is 0 Å². The van der Waals surface area contributed by atoms with Gasteiger partial charge < -0.3 is 19.4 Å². The first-order valence-electron chi connectivity index (χ1n) is 7.00. The molecule has 0 saturated heterocycles. The van der Waals surface area contributed by atoms with Crippen molar-refractivity contribution in [1.29, 1.82) is 0 Å². The van der Waals surface area contributed by atoms with Crippen LogP contribution in [-0.4, -0.2) is 37.0 Å². The molecule has 114 valence electrons. The SMILES string of the molecule is COc1cc2c(cc1OCC(C)C)C(C=O)C(O)N=C2C. The van der Waals surface area contributed by atoms with E-state index in [1.807, 2.05) is 6.07 Å². The van der Waals surface area contributed by atoms with Crippen molar-refractivity contribution in [2.24, 2.45) is 10.9 Å². The molecule has 0 radical (unpaired) electrons. The van der Waals surface area contributed by atoms with Crippen molar-refractivity contribution < 1.29 is 19.4 Å². The molecule has 0 saturated carbocycles. The molecule has 0 aromatic heterocycles. The molecule has 0 fully saturated rings. The van der Waals surface area contributed by atoms with Gasteiger partial charge >= 0.3 is 0 Å². The second-order valence-electron chi connectivity index (χ2n) is 5.59. The van der Waals surface area contributed by atoms with E-state index in [4.69, 9.17) is 9.47 Å². The smallest absolute Gasteiger partial charge is 0.161 e. The summed E-state index contributed by atoms with van der Waals surface area (Å²) in [5.41, 5.74) is 2.22. The van der Waals surface area contributed by atoms with E-state index < -0.39 is 12.1 Å². The Morgan fingerprint density at radius 3 is 2.67 bits per heavy atom. The molecule has 2 atom stereocenters. The molecule has 1 aliphatic rings. The number of hydrogen-bond donors (Lipinski definition) is 1. The van der Waals surface area contributed by atoms with E-state index in [0.717, 1.165) is 17.4 Å². The van der Waals surface area contributed by atoms with Crippen LogP contribution in [0.2, 0.25) is 0 Å². The van der Waals surface area contributed by atoms with Gasteiger partial charge in [0.05, 0.1) is 19.6 Å². The molecule has 1 heterocycles. The van der Waals surface area contributed by atoms with Crippen LogP contribution in [0.15, 0.2) is 17.1 Å². The molecule has 1 aromatic rings. The quantitative estimate of drug-likeness (QED) is 0.844. The summed E-state index contributed by atoms with van der Waals surface area (Å²) in [4.78, 5) is 15.4. The zero-order valence-electron chi connectivity index (χ0n) is 12.8. The number of benzene rings is 1. The summed E-state index contributed by atoms with van der Waals surface area (Å²) in [7, 11) is 1.57. The standard InChI is InChI=1S/C16H21NO4/c1-9(2)8-21-15-6-12-11(5-14(15)20-4)10(3)17-16(19)13(12)7-18/h5-7,9,13,16,19H,8H2,1-4H3. The van der Waals surface area contributed by atoms with Crippen molar-refractivity contribution >= 4 is 12.0 Å². The van der Waals surface area contributed by atoms with Crippen LogP contribution in [0.25, 0.3) is 0 Å². The van der Waals surface area contributed by atoms with E-state index in [0.29, 0.717) is 29.7 Å². The van der Waals surface area contributed by atoms with E-state index in [1.54, 1.807) is 20.1 Å². The maximum atomic E-state index is 11.3. The van der Waals surface area contributed by atoms with E-state index in [-0.39, 0.29) is 0 Å². The Bertz CT molecular complexity index is 566. The number of aliphatic hydroxyl groups is 1. The summed E-state index contributed by atoms with van der Waals surface area (Å²) >= 11 is 0. The maximum Gasteiger partial charge on any atom is 0.161 e. The number of methoxy groups -OCH3 is 1. The Labute approximate surface area is 124 Å². The highest BCUT2D eigenvalue weighted by Crippen LogP contribution is 2.37. The fourth-order valence-electron chi connectivity index (χ4n) is 2.35. The normalized spacial score (nSPS) is 20.8. The number of carbonyl (C=O) groups excluding carboxylic acids is 1. The topological polar surface area (TPSA) is 68.1 Å². The average molecular weight is 291 g/mol. The summed E-state index contributed by atoms with van der Waals surface area (Å²) in [6.07, 6.45) is -0.320. The number of carbonyl (C=O) groups is 1. The molecule has 2 rings (SSSR count). The average Bonchev–Trinajstić information content (AvgIpc) is 2.44. The van der Waals surface area contributed by atoms with E-state index in [2.05, 4.69) is 18.8 Å². The summed E-state index contributed by atoms with van der Waals surface area (Å²) in [5.74, 6) is 0.890. The first-order valence-corrected chi connectivity index (χ1v) is 7.00. The van der Waals surface area contributed by atoms with Crippen molar-refractivity contribution in [1.82, 2.24) is 0 Å². The Morgan fingerprint density at radius 2 is 2.10 bits per heavy atom. The zero-order valence-corrected chi connectivity index (χ0v) is 12.8. The molecule has 1 aromatic carbocycles. The highest BCUT2D eigenvalue weighted by molar-refractivity contribution is 6.03. The lowest BCUT2D eigenvalue weighted by atomic mass is 9.88. The van der Waals surface area contributed by atoms with Crippen LogP contribution in [-0.2, 0) is 4.79 Å². The largest absolute Gasteiger partial charge is 0.493 e. The first kappa shape index (κ1) is 15.5. The lowest BCUT2D eigenvalue weighted by Crippen LogP contribution is -2.26. The van der Waals surface area contributed by atoms with Gasteiger partial charge in [0.15, 0.2) is 17.7 Å². The van der Waals surface area contributed by atoms with Gasteiger partial charge in [0.2, 0.25) is 0 Å². The molecule has 0 bridgehead atoms. The van der Waals surface area contributed by atoms with Crippen LogP contribution < -0.4 is 9.47 Å². The first-order chi connectivity index (χ1) is 9.97. The van der Waals surface area contributed by atoms with Crippen LogP contribution in [0.3, 0.4) is 0 Å². The van der Waals surface area contributed by atoms with Crippen LogP contribution in [0.5, 0.6) is 11.5 Å². The number of rotatable bonds is 5. The van der Waals surface area contributed by atoms with Crippen LogP contribution in [0, 0.1) is 5.92 Å². The summed E-state index contributed by atoms with van der Waals surface area (Å²) < 4.78 is 11.1. The highest BCUT2D eigenvalue weighted by atomic mass is 16.5. The number of aliphatic imine (C=N–C) groups is 1. The van der Waals surface area contributed by atoms with Crippen molar-refractivity contribution in [2.75, 3.05) is 13.7 Å². The molecule has 2 unspecified atom stereocenters. The molecule has 0 spiro atoms. The Balaban J connectivity index is 2.49. The van der Waals surface area contributed by atoms with Gasteiger partial charge in [0.25, 0.3) is 0 Å². The van der Waals surface area contributed by atoms with Gasteiger partial charge in [0, 0.05) is 11.3 Å². The molecule has 1 N–H and O–H groups in total. The molecule has 1 aliphatic heterocycles. The summed E-state index contributed by atoms with van der Waals surface area (Å²) in [6, 6.07) is 3.59. The van der Waals surface area contributed by atoms with Crippen molar-refractivity contribution in [2.45, 2.75) is 32.9 Å². The van der Waals surface area contributed by atoms with Crippen LogP contribution in [0.4, 0.5) is 0 Å². The van der Waals surface area contributed by atoms with Gasteiger partial charge in [0.1, 0.15) is 6.29 Å². The number of aldehydes is 1. The second-order valence-corrected chi connectivity index (χ2v) is 5.59. The van der Waals surface area contributed by atoms with Crippen molar-refractivity contribution in [3.05, 3.63) is 23.3 Å². The molecule has 0 aliphatic carbocycles. The van der Waals surface area contributed by atoms with E-state index in [9.17, 15) is 9.90 Å². The predicted octanol–water partition coefficient (Wildman–Crippen LogP) is 2.15. The van der Waals surface area contributed by atoms with Gasteiger partial charge in [-0.05, 0) is 30.5 Å². The van der Waals surface area contributed by atoms with Gasteiger partial charge in [-0.25, -0.2) is 0 Å². The minimum Gasteiger partial charge on any atom is -0.493 e. The number of hydrogen-bond acceptors (Lipinski definition) is 5. The molecule has 0 amide bonds.